The van der Waals surface area contributed by atoms with Gasteiger partial charge in [0.2, 0.25) is 11.7 Å². The normalized spacial score (nSPS) is 30.5. The summed E-state index contributed by atoms with van der Waals surface area (Å²) in [6, 6.07) is 1.61. The molecular weight excluding hydrogens is 548 g/mol. The van der Waals surface area contributed by atoms with E-state index in [1.807, 2.05) is 13.8 Å². The lowest BCUT2D eigenvalue weighted by Gasteiger charge is -2.53. The van der Waals surface area contributed by atoms with Gasteiger partial charge in [-0.25, -0.2) is 0 Å². The molecule has 3 aliphatic carbocycles. The molecule has 42 heavy (non-hydrogen) atoms. The summed E-state index contributed by atoms with van der Waals surface area (Å²) < 4.78 is 0. The van der Waals surface area contributed by atoms with Crippen molar-refractivity contribution in [3.63, 3.8) is 0 Å². The first kappa shape index (κ1) is 31.2. The van der Waals surface area contributed by atoms with Crippen molar-refractivity contribution in [2.75, 3.05) is 26.0 Å². The summed E-state index contributed by atoms with van der Waals surface area (Å²) in [5, 5.41) is 62.8. The Hall–Kier alpha value is -3.78. The summed E-state index contributed by atoms with van der Waals surface area (Å²) in [4.78, 5) is 54.1. The molecule has 0 aliphatic heterocycles. The number of nitrogens with one attached hydrogen (secondary N) is 2. The average molecular weight is 587 g/mol. The number of ketones is 2. The molecule has 0 heterocycles. The number of primary amides is 1. The maximum atomic E-state index is 14.0. The second-order valence-corrected chi connectivity index (χ2v) is 11.6. The molecule has 1 aromatic rings. The number of aliphatic hydroxyl groups excluding tert-OH is 3. The van der Waals surface area contributed by atoms with Gasteiger partial charge in [0, 0.05) is 11.5 Å². The van der Waals surface area contributed by atoms with Gasteiger partial charge in [-0.15, -0.1) is 0 Å². The van der Waals surface area contributed by atoms with Gasteiger partial charge >= 0.3 is 0 Å². The molecule has 13 nitrogen and oxygen atoms in total. The van der Waals surface area contributed by atoms with Crippen LogP contribution in [0.25, 0.3) is 0 Å². The Morgan fingerprint density at radius 1 is 1.14 bits per heavy atom. The second-order valence-electron chi connectivity index (χ2n) is 11.6. The van der Waals surface area contributed by atoms with Gasteiger partial charge in [-0.3, -0.25) is 24.1 Å². The number of likely N-dealkylation sites (N-methyl/N-ethyl adjacent to an activating group) is 2. The van der Waals surface area contributed by atoms with Crippen molar-refractivity contribution in [3.05, 3.63) is 45.9 Å². The van der Waals surface area contributed by atoms with E-state index in [0.29, 0.717) is 18.5 Å². The number of nitrogens with zero attached hydrogens (tertiary/aromatic N) is 1. The van der Waals surface area contributed by atoms with E-state index >= 15 is 0 Å². The highest BCUT2D eigenvalue weighted by Crippen LogP contribution is 2.56. The number of aromatic hydroxyl groups is 1. The number of benzene rings is 1. The standard InChI is InChI=1S/C29H38N4O9/c1-7-28(4,31-8-2)27(41)32-13-10-9-12-11(3)14-16(21(35)15(12)20(13)34)24(38)29(42)18(22(14)36)19(33(5)6)23(37)17(25(29)39)26(30)40/h9-11,14,18-19,22,31,34,36-38,42H,7-8H2,1-6H3,(H2,30,40)(H,32,41)/t11?,14?,18?,19-,22?,28?,29?/m0/s1. The Morgan fingerprint density at radius 3 is 2.29 bits per heavy atom. The second kappa shape index (κ2) is 10.5. The summed E-state index contributed by atoms with van der Waals surface area (Å²) >= 11 is 0. The van der Waals surface area contributed by atoms with Crippen LogP contribution in [0.5, 0.6) is 5.75 Å². The van der Waals surface area contributed by atoms with Gasteiger partial charge < -0.3 is 41.9 Å². The number of carbonyl (C=O) groups excluding carboxylic acids is 4. The van der Waals surface area contributed by atoms with E-state index in [2.05, 4.69) is 10.6 Å². The average Bonchev–Trinajstić information content (AvgIpc) is 2.91. The van der Waals surface area contributed by atoms with E-state index in [1.54, 1.807) is 13.8 Å². The zero-order valence-corrected chi connectivity index (χ0v) is 24.3. The van der Waals surface area contributed by atoms with Crippen LogP contribution < -0.4 is 16.4 Å². The van der Waals surface area contributed by atoms with Crippen molar-refractivity contribution in [2.45, 2.75) is 63.3 Å². The highest BCUT2D eigenvalue weighted by atomic mass is 16.4. The third-order valence-electron chi connectivity index (χ3n) is 9.15. The first-order valence-corrected chi connectivity index (χ1v) is 13.8. The summed E-state index contributed by atoms with van der Waals surface area (Å²) in [6.07, 6.45) is -1.26. The number of phenols is 1. The van der Waals surface area contributed by atoms with Crippen molar-refractivity contribution >= 4 is 29.1 Å². The van der Waals surface area contributed by atoms with Crippen molar-refractivity contribution in [3.8, 4) is 5.75 Å². The highest BCUT2D eigenvalue weighted by molar-refractivity contribution is 6.25. The van der Waals surface area contributed by atoms with Crippen LogP contribution in [0.15, 0.2) is 34.8 Å². The van der Waals surface area contributed by atoms with E-state index in [1.165, 1.54) is 31.1 Å². The minimum atomic E-state index is -3.00. The Kier molecular flexibility index (Phi) is 7.78. The summed E-state index contributed by atoms with van der Waals surface area (Å²) in [7, 11) is 2.94. The monoisotopic (exact) mass is 586 g/mol. The van der Waals surface area contributed by atoms with Crippen LogP contribution in [0.3, 0.4) is 0 Å². The molecule has 0 radical (unpaired) electrons. The molecule has 0 spiro atoms. The number of nitrogens with two attached hydrogens (primary N) is 1. The molecule has 4 rings (SSSR count). The highest BCUT2D eigenvalue weighted by Gasteiger charge is 2.67. The Bertz CT molecular complexity index is 1450. The van der Waals surface area contributed by atoms with Gasteiger partial charge in [0.1, 0.15) is 17.1 Å². The molecule has 13 heteroatoms. The van der Waals surface area contributed by atoms with E-state index in [9.17, 15) is 44.7 Å². The Labute approximate surface area is 242 Å². The first-order valence-electron chi connectivity index (χ1n) is 13.8. The molecule has 1 aromatic carbocycles. The molecule has 9 N–H and O–H groups in total. The van der Waals surface area contributed by atoms with E-state index < -0.39 is 92.8 Å². The fraction of sp³-hybridized carbons (Fsp3) is 0.517. The molecule has 0 bridgehead atoms. The SMILES string of the molecule is CCNC(C)(CC)C(=O)Nc1ccc2c(c1O)C(=O)C1=C(O)C3(O)C(=O)C(C(N)=O)=C(O)[C@@H](N(C)C)C3C(O)C1C2C. The van der Waals surface area contributed by atoms with Crippen LogP contribution >= 0.6 is 0 Å². The van der Waals surface area contributed by atoms with Gasteiger partial charge in [-0.1, -0.05) is 26.8 Å². The predicted molar refractivity (Wildman–Crippen MR) is 151 cm³/mol. The molecule has 6 unspecified atom stereocenters. The maximum absolute atomic E-state index is 14.0. The van der Waals surface area contributed by atoms with Gasteiger partial charge in [-0.05, 0) is 51.5 Å². The zero-order valence-electron chi connectivity index (χ0n) is 24.3. The summed E-state index contributed by atoms with van der Waals surface area (Å²) in [5.41, 5.74) is -0.182. The summed E-state index contributed by atoms with van der Waals surface area (Å²) in [6.45, 7) is 7.48. The Morgan fingerprint density at radius 2 is 1.76 bits per heavy atom. The van der Waals surface area contributed by atoms with Crippen LogP contribution in [0.2, 0.25) is 0 Å². The number of fused-ring (bicyclic) bond motifs is 3. The molecule has 0 saturated carbocycles. The number of anilines is 1. The summed E-state index contributed by atoms with van der Waals surface area (Å²) in [5.74, 6) is -10.3. The number of aliphatic hydroxyl groups is 4. The third-order valence-corrected chi connectivity index (χ3v) is 9.15. The maximum Gasteiger partial charge on any atom is 0.255 e. The topological polar surface area (TPSA) is 223 Å². The first-order chi connectivity index (χ1) is 19.5. The van der Waals surface area contributed by atoms with E-state index in [4.69, 9.17) is 5.73 Å². The molecular formula is C29H38N4O9. The molecule has 3 aliphatic rings. The van der Waals surface area contributed by atoms with Crippen molar-refractivity contribution in [1.82, 2.24) is 10.2 Å². The van der Waals surface area contributed by atoms with E-state index in [-0.39, 0.29) is 11.3 Å². The van der Waals surface area contributed by atoms with Crippen molar-refractivity contribution in [1.29, 1.82) is 0 Å². The van der Waals surface area contributed by atoms with Crippen LogP contribution in [0.4, 0.5) is 5.69 Å². The van der Waals surface area contributed by atoms with Gasteiger partial charge in [-0.2, -0.15) is 0 Å². The molecule has 228 valence electrons. The number of hydrogen-bond donors (Lipinski definition) is 8. The number of rotatable bonds is 7. The lowest BCUT2D eigenvalue weighted by atomic mass is 9.55. The fourth-order valence-corrected chi connectivity index (χ4v) is 6.74. The molecule has 2 amide bonds. The Balaban J connectivity index is 1.91. The van der Waals surface area contributed by atoms with Gasteiger partial charge in [0.25, 0.3) is 5.91 Å². The largest absolute Gasteiger partial charge is 0.510 e. The van der Waals surface area contributed by atoms with Crippen molar-refractivity contribution < 1.29 is 44.7 Å². The minimum absolute atomic E-state index is 0.0753. The zero-order chi connectivity index (χ0) is 31.6. The lowest BCUT2D eigenvalue weighted by Crippen LogP contribution is -2.68. The van der Waals surface area contributed by atoms with Gasteiger partial charge in [0.05, 0.1) is 34.9 Å². The van der Waals surface area contributed by atoms with Crippen molar-refractivity contribution in [2.24, 2.45) is 17.6 Å². The predicted octanol–water partition coefficient (Wildman–Crippen LogP) is 0.369. The molecule has 0 fully saturated rings. The number of phenolic OH excluding ortho intramolecular Hbond substituents is 1. The molecule has 0 aromatic heterocycles. The van der Waals surface area contributed by atoms with Crippen LogP contribution in [-0.2, 0) is 14.4 Å². The number of Topliss-reactive ketones (excluding diaryl/α,β-unsaturated/α-hetero) is 2. The number of carbonyl (C=O) groups is 4. The lowest BCUT2D eigenvalue weighted by molar-refractivity contribution is -0.162. The van der Waals surface area contributed by atoms with Crippen LogP contribution in [0, 0.1) is 11.8 Å². The molecule has 7 atom stereocenters. The third kappa shape index (κ3) is 4.14. The number of amides is 2. The minimum Gasteiger partial charge on any atom is -0.510 e. The quantitative estimate of drug-likeness (QED) is 0.161. The fourth-order valence-electron chi connectivity index (χ4n) is 6.74. The van der Waals surface area contributed by atoms with Gasteiger partial charge in [0.15, 0.2) is 17.1 Å². The smallest absolute Gasteiger partial charge is 0.255 e. The number of hydrogen-bond acceptors (Lipinski definition) is 11. The van der Waals surface area contributed by atoms with Crippen LogP contribution in [-0.4, -0.2) is 97.7 Å². The molecule has 0 saturated heterocycles. The van der Waals surface area contributed by atoms with E-state index in [0.717, 1.165) is 0 Å². The van der Waals surface area contributed by atoms with Crippen LogP contribution in [0.1, 0.15) is 56.0 Å².